The molecule has 0 aliphatic rings. The van der Waals surface area contributed by atoms with Gasteiger partial charge in [-0.25, -0.2) is 0 Å². The van der Waals surface area contributed by atoms with Crippen molar-refractivity contribution in [2.24, 2.45) is 0 Å². The van der Waals surface area contributed by atoms with Crippen LogP contribution < -0.4 is 15.4 Å². The van der Waals surface area contributed by atoms with Gasteiger partial charge in [-0.05, 0) is 60.5 Å². The number of carbonyl (C=O) groups excluding carboxylic acids is 2. The number of amides is 2. The summed E-state index contributed by atoms with van der Waals surface area (Å²) in [6, 6.07) is 20.9. The van der Waals surface area contributed by atoms with Crippen LogP contribution in [0.25, 0.3) is 10.8 Å². The monoisotopic (exact) mass is 376 g/mol. The summed E-state index contributed by atoms with van der Waals surface area (Å²) < 4.78 is 5.36. The van der Waals surface area contributed by atoms with Gasteiger partial charge < -0.3 is 15.4 Å². The van der Waals surface area contributed by atoms with Crippen molar-refractivity contribution in [3.8, 4) is 5.75 Å². The van der Waals surface area contributed by atoms with E-state index in [9.17, 15) is 9.59 Å². The van der Waals surface area contributed by atoms with E-state index in [4.69, 9.17) is 4.74 Å². The largest absolute Gasteiger partial charge is 0.494 e. The minimum Gasteiger partial charge on any atom is -0.494 e. The first-order valence-electron chi connectivity index (χ1n) is 9.36. The molecule has 1 atom stereocenters. The summed E-state index contributed by atoms with van der Waals surface area (Å²) in [6.07, 6.45) is 0. The zero-order valence-corrected chi connectivity index (χ0v) is 16.1. The van der Waals surface area contributed by atoms with Crippen molar-refractivity contribution < 1.29 is 14.3 Å². The molecule has 0 aromatic heterocycles. The van der Waals surface area contributed by atoms with Gasteiger partial charge in [-0.3, -0.25) is 9.59 Å². The fraction of sp³-hybridized carbons (Fsp3) is 0.217. The van der Waals surface area contributed by atoms with Crippen molar-refractivity contribution in [2.75, 3.05) is 13.2 Å². The molecule has 3 rings (SSSR count). The zero-order chi connectivity index (χ0) is 19.9. The lowest BCUT2D eigenvalue weighted by Crippen LogP contribution is -2.38. The molecule has 3 aromatic carbocycles. The van der Waals surface area contributed by atoms with E-state index >= 15 is 0 Å². The van der Waals surface area contributed by atoms with Gasteiger partial charge in [0.1, 0.15) is 5.75 Å². The number of carbonyl (C=O) groups is 2. The van der Waals surface area contributed by atoms with Gasteiger partial charge in [-0.2, -0.15) is 0 Å². The van der Waals surface area contributed by atoms with Gasteiger partial charge in [0.05, 0.1) is 19.2 Å². The second kappa shape index (κ2) is 9.04. The summed E-state index contributed by atoms with van der Waals surface area (Å²) in [6.45, 7) is 4.32. The Morgan fingerprint density at radius 3 is 2.39 bits per heavy atom. The molecule has 0 aliphatic heterocycles. The maximum atomic E-state index is 12.2. The molecule has 0 spiro atoms. The molecule has 0 aliphatic carbocycles. The van der Waals surface area contributed by atoms with Crippen molar-refractivity contribution in [3.63, 3.8) is 0 Å². The molecule has 0 heterocycles. The molecule has 28 heavy (non-hydrogen) atoms. The normalized spacial score (nSPS) is 11.6. The van der Waals surface area contributed by atoms with Crippen LogP contribution in [0, 0.1) is 0 Å². The highest BCUT2D eigenvalue weighted by atomic mass is 16.5. The third kappa shape index (κ3) is 4.88. The zero-order valence-electron chi connectivity index (χ0n) is 16.1. The molecular weight excluding hydrogens is 352 g/mol. The molecule has 2 N–H and O–H groups in total. The molecule has 0 radical (unpaired) electrons. The molecule has 144 valence electrons. The van der Waals surface area contributed by atoms with Crippen molar-refractivity contribution in [1.82, 2.24) is 10.6 Å². The molecule has 5 heteroatoms. The fourth-order valence-electron chi connectivity index (χ4n) is 2.98. The third-order valence-corrected chi connectivity index (χ3v) is 4.49. The van der Waals surface area contributed by atoms with Crippen LogP contribution in [0.3, 0.4) is 0 Å². The van der Waals surface area contributed by atoms with Crippen LogP contribution in [-0.4, -0.2) is 25.0 Å². The summed E-state index contributed by atoms with van der Waals surface area (Å²) in [7, 11) is 0. The number of hydrogen-bond acceptors (Lipinski definition) is 3. The SMILES string of the molecule is CCOc1ccc(C(=O)NCC(=O)NC(C)c2ccc3ccccc3c2)cc1. The Hall–Kier alpha value is -3.34. The van der Waals surface area contributed by atoms with E-state index in [0.29, 0.717) is 17.9 Å². The topological polar surface area (TPSA) is 67.4 Å². The number of nitrogens with one attached hydrogen (secondary N) is 2. The van der Waals surface area contributed by atoms with Gasteiger partial charge >= 0.3 is 0 Å². The van der Waals surface area contributed by atoms with Crippen molar-refractivity contribution in [3.05, 3.63) is 77.9 Å². The van der Waals surface area contributed by atoms with E-state index in [1.54, 1.807) is 24.3 Å². The number of rotatable bonds is 7. The van der Waals surface area contributed by atoms with Crippen LogP contribution in [0.5, 0.6) is 5.75 Å². The van der Waals surface area contributed by atoms with Gasteiger partial charge in [0.15, 0.2) is 0 Å². The number of benzene rings is 3. The smallest absolute Gasteiger partial charge is 0.251 e. The average Bonchev–Trinajstić information content (AvgIpc) is 2.72. The van der Waals surface area contributed by atoms with Crippen molar-refractivity contribution >= 4 is 22.6 Å². The standard InChI is InChI=1S/C23H24N2O3/c1-3-28-21-12-10-18(11-13-21)23(27)24-15-22(26)25-16(2)19-9-8-17-6-4-5-7-20(17)14-19/h4-14,16H,3,15H2,1-2H3,(H,24,27)(H,25,26). The molecule has 0 saturated carbocycles. The molecule has 1 unspecified atom stereocenters. The Morgan fingerprint density at radius 1 is 0.964 bits per heavy atom. The second-order valence-corrected chi connectivity index (χ2v) is 6.54. The first-order chi connectivity index (χ1) is 13.6. The molecular formula is C23H24N2O3. The van der Waals surface area contributed by atoms with Gasteiger partial charge in [-0.15, -0.1) is 0 Å². The Balaban J connectivity index is 1.53. The number of hydrogen-bond donors (Lipinski definition) is 2. The van der Waals surface area contributed by atoms with Crippen LogP contribution in [0.4, 0.5) is 0 Å². The molecule has 0 bridgehead atoms. The van der Waals surface area contributed by atoms with Crippen LogP contribution in [0.2, 0.25) is 0 Å². The highest BCUT2D eigenvalue weighted by Crippen LogP contribution is 2.20. The molecule has 0 fully saturated rings. The van der Waals surface area contributed by atoms with E-state index in [1.165, 1.54) is 0 Å². The molecule has 2 amide bonds. The predicted octanol–water partition coefficient (Wildman–Crippen LogP) is 3.85. The Labute approximate surface area is 164 Å². The Bertz CT molecular complexity index is 967. The first-order valence-corrected chi connectivity index (χ1v) is 9.36. The van der Waals surface area contributed by atoms with E-state index in [1.807, 2.05) is 44.2 Å². The summed E-state index contributed by atoms with van der Waals surface area (Å²) in [5.74, 6) is 0.178. The van der Waals surface area contributed by atoms with Gasteiger partial charge in [0, 0.05) is 5.56 Å². The summed E-state index contributed by atoms with van der Waals surface area (Å²) in [4.78, 5) is 24.4. The summed E-state index contributed by atoms with van der Waals surface area (Å²) in [5.41, 5.74) is 1.50. The van der Waals surface area contributed by atoms with Crippen molar-refractivity contribution in [1.29, 1.82) is 0 Å². The van der Waals surface area contributed by atoms with Gasteiger partial charge in [-0.1, -0.05) is 36.4 Å². The lowest BCUT2D eigenvalue weighted by molar-refractivity contribution is -0.120. The number of fused-ring (bicyclic) bond motifs is 1. The maximum absolute atomic E-state index is 12.2. The Kier molecular flexibility index (Phi) is 6.27. The van der Waals surface area contributed by atoms with E-state index < -0.39 is 0 Å². The lowest BCUT2D eigenvalue weighted by Gasteiger charge is -2.15. The van der Waals surface area contributed by atoms with Gasteiger partial charge in [0.25, 0.3) is 5.91 Å². The van der Waals surface area contributed by atoms with Gasteiger partial charge in [0.2, 0.25) is 5.91 Å². The van der Waals surface area contributed by atoms with Crippen LogP contribution in [0.15, 0.2) is 66.7 Å². The van der Waals surface area contributed by atoms with Crippen LogP contribution >= 0.6 is 0 Å². The minimum atomic E-state index is -0.295. The average molecular weight is 376 g/mol. The Morgan fingerprint density at radius 2 is 1.68 bits per heavy atom. The highest BCUT2D eigenvalue weighted by molar-refractivity contribution is 5.96. The first kappa shape index (κ1) is 19.4. The van der Waals surface area contributed by atoms with E-state index in [-0.39, 0.29) is 24.4 Å². The van der Waals surface area contributed by atoms with Crippen molar-refractivity contribution in [2.45, 2.75) is 19.9 Å². The quantitative estimate of drug-likeness (QED) is 0.658. The second-order valence-electron chi connectivity index (χ2n) is 6.54. The third-order valence-electron chi connectivity index (χ3n) is 4.49. The van der Waals surface area contributed by atoms with E-state index in [0.717, 1.165) is 16.3 Å². The highest BCUT2D eigenvalue weighted by Gasteiger charge is 2.12. The molecule has 3 aromatic rings. The van der Waals surface area contributed by atoms with Crippen LogP contribution in [0.1, 0.15) is 35.8 Å². The van der Waals surface area contributed by atoms with E-state index in [2.05, 4.69) is 22.8 Å². The summed E-state index contributed by atoms with van der Waals surface area (Å²) >= 11 is 0. The molecule has 0 saturated heterocycles. The minimum absolute atomic E-state index is 0.0794. The summed E-state index contributed by atoms with van der Waals surface area (Å²) in [5, 5.41) is 7.85. The molecule has 5 nitrogen and oxygen atoms in total. The fourth-order valence-corrected chi connectivity index (χ4v) is 2.98. The lowest BCUT2D eigenvalue weighted by atomic mass is 10.0. The number of ether oxygens (including phenoxy) is 1. The maximum Gasteiger partial charge on any atom is 0.251 e. The van der Waals surface area contributed by atoms with Crippen LogP contribution in [-0.2, 0) is 4.79 Å². The predicted molar refractivity (Wildman–Crippen MR) is 110 cm³/mol.